The average Bonchev–Trinajstić information content (AvgIpc) is 3.16. The second kappa shape index (κ2) is 7.72. The van der Waals surface area contributed by atoms with Crippen LogP contribution in [0.4, 0.5) is 16.5 Å². The first-order chi connectivity index (χ1) is 15.5. The van der Waals surface area contributed by atoms with Gasteiger partial charge in [-0.3, -0.25) is 4.55 Å². The van der Waals surface area contributed by atoms with Crippen molar-refractivity contribution in [3.63, 3.8) is 0 Å². The van der Waals surface area contributed by atoms with Gasteiger partial charge < -0.3 is 4.90 Å². The van der Waals surface area contributed by atoms with E-state index in [9.17, 15) is 13.0 Å². The Labute approximate surface area is 197 Å². The molecule has 172 valence electrons. The first-order valence-corrected chi connectivity index (χ1v) is 13.2. The van der Waals surface area contributed by atoms with E-state index in [0.29, 0.717) is 17.1 Å². The number of allylic oxidation sites excluding steroid dienone is 1. The Hall–Kier alpha value is -2.62. The molecule has 9 heteroatoms. The number of hydrogen-bond acceptors (Lipinski definition) is 7. The van der Waals surface area contributed by atoms with Crippen LogP contribution in [0.5, 0.6) is 0 Å². The number of hydrogen-bond donors (Lipinski definition) is 1. The van der Waals surface area contributed by atoms with Crippen molar-refractivity contribution in [2.45, 2.75) is 50.3 Å². The molecular weight excluding hydrogens is 456 g/mol. The molecule has 0 fully saturated rings. The van der Waals surface area contributed by atoms with Crippen LogP contribution in [0.1, 0.15) is 50.3 Å². The van der Waals surface area contributed by atoms with Crippen LogP contribution in [-0.2, 0) is 22.0 Å². The summed E-state index contributed by atoms with van der Waals surface area (Å²) in [6.07, 6.45) is 2.38. The molecule has 0 bridgehead atoms. The fourth-order valence-electron chi connectivity index (χ4n) is 4.82. The van der Waals surface area contributed by atoms with Gasteiger partial charge in [0.25, 0.3) is 10.1 Å². The SMILES string of the molecule is C=C(C)c1ccc2nc(N=Nc3cc4c5c(c3S(=O)(=O)O)CCCN5CCC4(C)C)sc2c1. The summed E-state index contributed by atoms with van der Waals surface area (Å²) in [5.41, 5.74) is 5.48. The molecule has 0 radical (unpaired) electrons. The Morgan fingerprint density at radius 2 is 2.03 bits per heavy atom. The highest BCUT2D eigenvalue weighted by atomic mass is 32.2. The standard InChI is InChI=1S/C24H26N4O3S2/c1-14(2)15-7-8-18-20(12-15)32-23(25-18)27-26-19-13-17-21-16(22(19)33(29,30)31)6-5-10-28(21)11-9-24(17,3)4/h7-8,12-13H,1,5-6,9-11H2,2-4H3,(H,29,30,31). The molecule has 2 aromatic carbocycles. The third-order valence-corrected chi connectivity index (χ3v) is 8.48. The molecule has 33 heavy (non-hydrogen) atoms. The molecule has 1 N–H and O–H groups in total. The van der Waals surface area contributed by atoms with Crippen molar-refractivity contribution < 1.29 is 13.0 Å². The molecule has 0 amide bonds. The Balaban J connectivity index is 1.66. The zero-order chi connectivity index (χ0) is 23.5. The van der Waals surface area contributed by atoms with E-state index in [4.69, 9.17) is 0 Å². The second-order valence-electron chi connectivity index (χ2n) is 9.46. The van der Waals surface area contributed by atoms with Crippen molar-refractivity contribution in [1.29, 1.82) is 0 Å². The minimum Gasteiger partial charge on any atom is -0.371 e. The van der Waals surface area contributed by atoms with Gasteiger partial charge in [0.2, 0.25) is 5.13 Å². The Bertz CT molecular complexity index is 1440. The monoisotopic (exact) mass is 482 g/mol. The summed E-state index contributed by atoms with van der Waals surface area (Å²) in [4.78, 5) is 6.62. The quantitative estimate of drug-likeness (QED) is 0.342. The molecule has 0 saturated carbocycles. The van der Waals surface area contributed by atoms with E-state index in [1.54, 1.807) is 6.07 Å². The third-order valence-electron chi connectivity index (χ3n) is 6.61. The van der Waals surface area contributed by atoms with Gasteiger partial charge in [-0.15, -0.1) is 10.2 Å². The lowest BCUT2D eigenvalue weighted by Gasteiger charge is -2.44. The molecule has 0 atom stereocenters. The van der Waals surface area contributed by atoms with Gasteiger partial charge in [-0.1, -0.05) is 43.4 Å². The largest absolute Gasteiger partial charge is 0.371 e. The maximum Gasteiger partial charge on any atom is 0.297 e. The minimum atomic E-state index is -4.49. The molecule has 5 rings (SSSR count). The number of anilines is 1. The van der Waals surface area contributed by atoms with Crippen molar-refractivity contribution >= 4 is 53.8 Å². The number of benzene rings is 2. The average molecular weight is 483 g/mol. The fraction of sp³-hybridized carbons (Fsp3) is 0.375. The number of nitrogens with zero attached hydrogens (tertiary/aromatic N) is 4. The summed E-state index contributed by atoms with van der Waals surface area (Å²) in [5.74, 6) is 0. The van der Waals surface area contributed by atoms with Gasteiger partial charge >= 0.3 is 0 Å². The molecule has 0 aliphatic carbocycles. The Kier molecular flexibility index (Phi) is 5.19. The van der Waals surface area contributed by atoms with Gasteiger partial charge in [0.1, 0.15) is 10.6 Å². The van der Waals surface area contributed by atoms with Crippen LogP contribution in [0.3, 0.4) is 0 Å². The maximum atomic E-state index is 12.5. The van der Waals surface area contributed by atoms with E-state index in [1.807, 2.05) is 25.1 Å². The van der Waals surface area contributed by atoms with Crippen molar-refractivity contribution in [2.24, 2.45) is 10.2 Å². The summed E-state index contributed by atoms with van der Waals surface area (Å²) in [6, 6.07) is 7.68. The maximum absolute atomic E-state index is 12.5. The zero-order valence-electron chi connectivity index (χ0n) is 18.9. The van der Waals surface area contributed by atoms with Crippen molar-refractivity contribution in [3.05, 3.63) is 47.5 Å². The molecule has 2 aliphatic heterocycles. The van der Waals surface area contributed by atoms with Crippen molar-refractivity contribution in [2.75, 3.05) is 18.0 Å². The van der Waals surface area contributed by atoms with Crippen LogP contribution >= 0.6 is 11.3 Å². The van der Waals surface area contributed by atoms with E-state index < -0.39 is 10.1 Å². The first-order valence-electron chi connectivity index (χ1n) is 11.0. The summed E-state index contributed by atoms with van der Waals surface area (Å²) in [5, 5.41) is 9.05. The number of thiazole rings is 1. The topological polar surface area (TPSA) is 95.2 Å². The lowest BCUT2D eigenvalue weighted by atomic mass is 9.75. The number of azo groups is 1. The van der Waals surface area contributed by atoms with Gasteiger partial charge in [0.05, 0.1) is 10.2 Å². The summed E-state index contributed by atoms with van der Waals surface area (Å²) < 4.78 is 36.1. The highest BCUT2D eigenvalue weighted by Crippen LogP contribution is 2.49. The van der Waals surface area contributed by atoms with Gasteiger partial charge in [-0.25, -0.2) is 4.98 Å². The van der Waals surface area contributed by atoms with Gasteiger partial charge in [-0.05, 0) is 66.5 Å². The third kappa shape index (κ3) is 3.88. The zero-order valence-corrected chi connectivity index (χ0v) is 20.6. The number of fused-ring (bicyclic) bond motifs is 1. The van der Waals surface area contributed by atoms with Gasteiger partial charge in [0.15, 0.2) is 0 Å². The van der Waals surface area contributed by atoms with Crippen LogP contribution in [0.25, 0.3) is 15.8 Å². The highest BCUT2D eigenvalue weighted by Gasteiger charge is 2.38. The summed E-state index contributed by atoms with van der Waals surface area (Å²) in [7, 11) is -4.49. The molecule has 7 nitrogen and oxygen atoms in total. The van der Waals surface area contributed by atoms with Crippen LogP contribution in [0.2, 0.25) is 0 Å². The van der Waals surface area contributed by atoms with Gasteiger partial charge in [0, 0.05) is 18.8 Å². The molecule has 3 aromatic rings. The predicted octanol–water partition coefficient (Wildman–Crippen LogP) is 6.43. The van der Waals surface area contributed by atoms with Crippen LogP contribution in [0.15, 0.2) is 46.0 Å². The smallest absolute Gasteiger partial charge is 0.297 e. The molecule has 1 aromatic heterocycles. The minimum absolute atomic E-state index is 0.127. The molecule has 2 aliphatic rings. The van der Waals surface area contributed by atoms with Gasteiger partial charge in [-0.2, -0.15) is 8.42 Å². The van der Waals surface area contributed by atoms with Crippen molar-refractivity contribution in [1.82, 2.24) is 4.98 Å². The molecular formula is C24H26N4O3S2. The second-order valence-corrected chi connectivity index (χ2v) is 11.8. The molecule has 0 unspecified atom stereocenters. The number of aromatic nitrogens is 1. The first kappa shape index (κ1) is 22.2. The van der Waals surface area contributed by atoms with Crippen LogP contribution < -0.4 is 4.90 Å². The normalized spacial score (nSPS) is 17.5. The predicted molar refractivity (Wildman–Crippen MR) is 133 cm³/mol. The Morgan fingerprint density at radius 3 is 2.76 bits per heavy atom. The van der Waals surface area contributed by atoms with Crippen LogP contribution in [-0.4, -0.2) is 31.0 Å². The van der Waals surface area contributed by atoms with E-state index in [1.165, 1.54) is 11.3 Å². The molecule has 0 saturated heterocycles. The lowest BCUT2D eigenvalue weighted by molar-refractivity contribution is 0.442. The highest BCUT2D eigenvalue weighted by molar-refractivity contribution is 7.86. The van der Waals surface area contributed by atoms with Crippen LogP contribution in [0, 0.1) is 0 Å². The van der Waals surface area contributed by atoms with E-state index >= 15 is 0 Å². The summed E-state index contributed by atoms with van der Waals surface area (Å²) in [6.45, 7) is 12.0. The van der Waals surface area contributed by atoms with E-state index in [0.717, 1.165) is 58.5 Å². The van der Waals surface area contributed by atoms with Crippen molar-refractivity contribution in [3.8, 4) is 0 Å². The molecule has 3 heterocycles. The molecule has 0 spiro atoms. The summed E-state index contributed by atoms with van der Waals surface area (Å²) >= 11 is 1.38. The number of rotatable bonds is 4. The van der Waals surface area contributed by atoms with E-state index in [2.05, 4.69) is 40.5 Å². The fourth-order valence-corrected chi connectivity index (χ4v) is 6.52. The Morgan fingerprint density at radius 1 is 1.24 bits per heavy atom. The lowest BCUT2D eigenvalue weighted by Crippen LogP contribution is -2.41. The van der Waals surface area contributed by atoms with E-state index in [-0.39, 0.29) is 16.0 Å².